The van der Waals surface area contributed by atoms with Crippen molar-refractivity contribution in [1.29, 1.82) is 0 Å². The van der Waals surface area contributed by atoms with Gasteiger partial charge in [-0.1, -0.05) is 11.6 Å². The molecular formula is C16H19NO3. The summed E-state index contributed by atoms with van der Waals surface area (Å²) in [6, 6.07) is 7.63. The van der Waals surface area contributed by atoms with Gasteiger partial charge in [-0.05, 0) is 50.3 Å². The number of nitrogens with one attached hydrogen (secondary N) is 1. The Bertz CT molecular complexity index is 632. The Morgan fingerprint density at radius 2 is 2.25 bits per heavy atom. The first-order valence-corrected chi connectivity index (χ1v) is 7.08. The molecule has 2 atom stereocenters. The van der Waals surface area contributed by atoms with Gasteiger partial charge in [-0.3, -0.25) is 4.79 Å². The number of benzene rings is 1. The molecule has 1 fully saturated rings. The van der Waals surface area contributed by atoms with Gasteiger partial charge in [-0.2, -0.15) is 0 Å². The fourth-order valence-corrected chi connectivity index (χ4v) is 2.83. The minimum atomic E-state index is -0.203. The van der Waals surface area contributed by atoms with E-state index < -0.39 is 0 Å². The van der Waals surface area contributed by atoms with Crippen molar-refractivity contribution < 1.29 is 14.3 Å². The van der Waals surface area contributed by atoms with Crippen molar-refractivity contribution in [2.24, 2.45) is 5.92 Å². The molecule has 1 aliphatic rings. The predicted octanol–water partition coefficient (Wildman–Crippen LogP) is 2.63. The number of rotatable bonds is 3. The molecule has 1 aromatic heterocycles. The number of furan rings is 1. The van der Waals surface area contributed by atoms with Gasteiger partial charge in [-0.15, -0.1) is 0 Å². The molecule has 2 N–H and O–H groups in total. The summed E-state index contributed by atoms with van der Waals surface area (Å²) in [6.07, 6.45) is 2.39. The largest absolute Gasteiger partial charge is 0.451 e. The van der Waals surface area contributed by atoms with Gasteiger partial charge in [0, 0.05) is 11.9 Å². The Balaban J connectivity index is 1.66. The molecule has 1 aromatic carbocycles. The zero-order valence-electron chi connectivity index (χ0n) is 11.6. The zero-order chi connectivity index (χ0) is 14.1. The third-order valence-corrected chi connectivity index (χ3v) is 3.96. The second kappa shape index (κ2) is 5.29. The standard InChI is InChI=1S/C16H19NO3/c1-10-2-5-14-12(6-10)8-15(20-14)16(19)17-9-11-3-4-13(18)7-11/h2,5-6,8,11,13,18H,3-4,7,9H2,1H3,(H,17,19). The highest BCUT2D eigenvalue weighted by atomic mass is 16.3. The summed E-state index contributed by atoms with van der Waals surface area (Å²) in [4.78, 5) is 12.1. The maximum Gasteiger partial charge on any atom is 0.287 e. The monoisotopic (exact) mass is 273 g/mol. The summed E-state index contributed by atoms with van der Waals surface area (Å²) < 4.78 is 5.56. The van der Waals surface area contributed by atoms with Crippen molar-refractivity contribution in [2.45, 2.75) is 32.3 Å². The number of carbonyl (C=O) groups is 1. The van der Waals surface area contributed by atoms with E-state index in [1.807, 2.05) is 25.1 Å². The van der Waals surface area contributed by atoms with Crippen LogP contribution in [0.5, 0.6) is 0 Å². The smallest absolute Gasteiger partial charge is 0.287 e. The molecule has 2 aromatic rings. The molecular weight excluding hydrogens is 254 g/mol. The summed E-state index contributed by atoms with van der Waals surface area (Å²) in [5.41, 5.74) is 1.88. The highest BCUT2D eigenvalue weighted by Gasteiger charge is 2.23. The van der Waals surface area contributed by atoms with Crippen LogP contribution >= 0.6 is 0 Å². The number of carbonyl (C=O) groups excluding carboxylic acids is 1. The second-order valence-corrected chi connectivity index (χ2v) is 5.69. The third kappa shape index (κ3) is 2.70. The number of amides is 1. The van der Waals surface area contributed by atoms with Gasteiger partial charge in [0.1, 0.15) is 5.58 Å². The van der Waals surface area contributed by atoms with Gasteiger partial charge >= 0.3 is 0 Å². The van der Waals surface area contributed by atoms with Crippen LogP contribution in [-0.4, -0.2) is 23.7 Å². The van der Waals surface area contributed by atoms with Gasteiger partial charge in [0.05, 0.1) is 6.10 Å². The number of hydrogen-bond acceptors (Lipinski definition) is 3. The van der Waals surface area contributed by atoms with E-state index in [-0.39, 0.29) is 12.0 Å². The quantitative estimate of drug-likeness (QED) is 0.903. The highest BCUT2D eigenvalue weighted by Crippen LogP contribution is 2.25. The molecule has 106 valence electrons. The molecule has 1 saturated carbocycles. The molecule has 20 heavy (non-hydrogen) atoms. The van der Waals surface area contributed by atoms with Crippen molar-refractivity contribution in [1.82, 2.24) is 5.32 Å². The maximum atomic E-state index is 12.1. The molecule has 0 saturated heterocycles. The Labute approximate surface area is 117 Å². The molecule has 2 unspecified atom stereocenters. The van der Waals surface area contributed by atoms with Crippen LogP contribution in [0.4, 0.5) is 0 Å². The summed E-state index contributed by atoms with van der Waals surface area (Å²) in [5, 5.41) is 13.3. The van der Waals surface area contributed by atoms with Gasteiger partial charge in [0.25, 0.3) is 5.91 Å². The van der Waals surface area contributed by atoms with Crippen LogP contribution < -0.4 is 5.32 Å². The van der Waals surface area contributed by atoms with E-state index in [1.165, 1.54) is 0 Å². The van der Waals surface area contributed by atoms with E-state index in [2.05, 4.69) is 5.32 Å². The first-order chi connectivity index (χ1) is 9.61. The van der Waals surface area contributed by atoms with Crippen molar-refractivity contribution >= 4 is 16.9 Å². The summed E-state index contributed by atoms with van der Waals surface area (Å²) in [5.74, 6) is 0.546. The first-order valence-electron chi connectivity index (χ1n) is 7.08. The van der Waals surface area contributed by atoms with Crippen LogP contribution in [0, 0.1) is 12.8 Å². The lowest BCUT2D eigenvalue weighted by molar-refractivity contribution is 0.0919. The lowest BCUT2D eigenvalue weighted by Gasteiger charge is -2.09. The predicted molar refractivity (Wildman–Crippen MR) is 76.6 cm³/mol. The molecule has 1 amide bonds. The van der Waals surface area contributed by atoms with Crippen molar-refractivity contribution in [2.75, 3.05) is 6.54 Å². The van der Waals surface area contributed by atoms with Gasteiger partial charge in [-0.25, -0.2) is 0 Å². The van der Waals surface area contributed by atoms with E-state index in [4.69, 9.17) is 4.42 Å². The van der Waals surface area contributed by atoms with Crippen LogP contribution in [-0.2, 0) is 0 Å². The average Bonchev–Trinajstić information content (AvgIpc) is 3.01. The summed E-state index contributed by atoms with van der Waals surface area (Å²) in [7, 11) is 0. The van der Waals surface area contributed by atoms with Crippen LogP contribution in [0.25, 0.3) is 11.0 Å². The maximum absolute atomic E-state index is 12.1. The van der Waals surface area contributed by atoms with Crippen LogP contribution in [0.3, 0.4) is 0 Å². The highest BCUT2D eigenvalue weighted by molar-refractivity contribution is 5.96. The zero-order valence-corrected chi connectivity index (χ0v) is 11.6. The minimum absolute atomic E-state index is 0.180. The van der Waals surface area contributed by atoms with E-state index in [0.717, 1.165) is 35.8 Å². The van der Waals surface area contributed by atoms with Crippen LogP contribution in [0.2, 0.25) is 0 Å². The minimum Gasteiger partial charge on any atom is -0.451 e. The topological polar surface area (TPSA) is 62.5 Å². The van der Waals surface area contributed by atoms with Gasteiger partial charge in [0.2, 0.25) is 0 Å². The third-order valence-electron chi connectivity index (χ3n) is 3.96. The second-order valence-electron chi connectivity index (χ2n) is 5.69. The normalized spacial score (nSPS) is 22.3. The fourth-order valence-electron chi connectivity index (χ4n) is 2.83. The molecule has 0 bridgehead atoms. The Morgan fingerprint density at radius 3 is 3.00 bits per heavy atom. The summed E-state index contributed by atoms with van der Waals surface area (Å²) >= 11 is 0. The van der Waals surface area contributed by atoms with Crippen molar-refractivity contribution in [3.05, 3.63) is 35.6 Å². The molecule has 3 rings (SSSR count). The molecule has 0 spiro atoms. The lowest BCUT2D eigenvalue weighted by atomic mass is 10.1. The Kier molecular flexibility index (Phi) is 3.49. The SMILES string of the molecule is Cc1ccc2oc(C(=O)NCC3CCC(O)C3)cc2c1. The first kappa shape index (κ1) is 13.2. The number of aliphatic hydroxyl groups is 1. The van der Waals surface area contributed by atoms with E-state index in [1.54, 1.807) is 6.07 Å². The molecule has 1 aliphatic carbocycles. The van der Waals surface area contributed by atoms with Crippen LogP contribution in [0.15, 0.2) is 28.7 Å². The Morgan fingerprint density at radius 1 is 1.40 bits per heavy atom. The molecule has 0 aliphatic heterocycles. The van der Waals surface area contributed by atoms with Crippen molar-refractivity contribution in [3.63, 3.8) is 0 Å². The molecule has 4 nitrogen and oxygen atoms in total. The molecule has 4 heteroatoms. The van der Waals surface area contributed by atoms with Gasteiger partial charge < -0.3 is 14.8 Å². The number of aryl methyl sites for hydroxylation is 1. The summed E-state index contributed by atoms with van der Waals surface area (Å²) in [6.45, 7) is 2.61. The lowest BCUT2D eigenvalue weighted by Crippen LogP contribution is -2.28. The molecule has 1 heterocycles. The Hall–Kier alpha value is -1.81. The van der Waals surface area contributed by atoms with E-state index >= 15 is 0 Å². The average molecular weight is 273 g/mol. The number of hydrogen-bond donors (Lipinski definition) is 2. The number of aliphatic hydroxyl groups excluding tert-OH is 1. The van der Waals surface area contributed by atoms with Gasteiger partial charge in [0.15, 0.2) is 5.76 Å². The van der Waals surface area contributed by atoms with Crippen molar-refractivity contribution in [3.8, 4) is 0 Å². The van der Waals surface area contributed by atoms with E-state index in [9.17, 15) is 9.90 Å². The molecule has 0 radical (unpaired) electrons. The number of fused-ring (bicyclic) bond motifs is 1. The van der Waals surface area contributed by atoms with E-state index in [0.29, 0.717) is 18.2 Å². The van der Waals surface area contributed by atoms with Crippen LogP contribution in [0.1, 0.15) is 35.4 Å². The fraction of sp³-hybridized carbons (Fsp3) is 0.438.